The van der Waals surface area contributed by atoms with Crippen LogP contribution in [0.1, 0.15) is 18.6 Å². The van der Waals surface area contributed by atoms with Crippen molar-refractivity contribution in [2.24, 2.45) is 0 Å². The zero-order valence-corrected chi connectivity index (χ0v) is 8.93. The molecule has 16 heavy (non-hydrogen) atoms. The van der Waals surface area contributed by atoms with Gasteiger partial charge in [-0.15, -0.1) is 0 Å². The van der Waals surface area contributed by atoms with E-state index >= 15 is 0 Å². The Labute approximate surface area is 92.9 Å². The summed E-state index contributed by atoms with van der Waals surface area (Å²) in [4.78, 5) is 14.1. The minimum atomic E-state index is -0.961. The number of hydrogen-bond acceptors (Lipinski definition) is 2. The van der Waals surface area contributed by atoms with Crippen LogP contribution < -0.4 is 0 Å². The van der Waals surface area contributed by atoms with E-state index in [1.165, 1.54) is 0 Å². The summed E-state index contributed by atoms with van der Waals surface area (Å²) >= 11 is 0. The number of carboxylic acids is 1. The number of nitrogens with one attached hydrogen (secondary N) is 1. The molecule has 0 aliphatic heterocycles. The second kappa shape index (κ2) is 4.37. The van der Waals surface area contributed by atoms with Gasteiger partial charge in [-0.2, -0.15) is 0 Å². The molecule has 0 aliphatic rings. The molecule has 84 valence electrons. The number of benzene rings is 1. The van der Waals surface area contributed by atoms with Crippen molar-refractivity contribution in [3.8, 4) is 0 Å². The number of fused-ring (bicyclic) bond motifs is 1. The van der Waals surface area contributed by atoms with Crippen LogP contribution in [0.3, 0.4) is 0 Å². The molecule has 1 aromatic carbocycles. The second-order valence-corrected chi connectivity index (χ2v) is 3.50. The number of H-pyrrole nitrogens is 1. The van der Waals surface area contributed by atoms with Crippen molar-refractivity contribution in [2.45, 2.75) is 13.0 Å². The van der Waals surface area contributed by atoms with Gasteiger partial charge in [0, 0.05) is 18.3 Å². The van der Waals surface area contributed by atoms with Crippen LogP contribution in [-0.4, -0.2) is 22.7 Å². The SMILES string of the molecule is CCOC(C(=O)O)c1ccc2[nH]ccc2c1. The van der Waals surface area contributed by atoms with Gasteiger partial charge in [0.2, 0.25) is 0 Å². The number of carboxylic acid groups (broad SMARTS) is 1. The fraction of sp³-hybridized carbons (Fsp3) is 0.250. The molecule has 2 rings (SSSR count). The van der Waals surface area contributed by atoms with Gasteiger partial charge >= 0.3 is 5.97 Å². The maximum atomic E-state index is 11.0. The van der Waals surface area contributed by atoms with Crippen LogP contribution in [0, 0.1) is 0 Å². The molecule has 4 nitrogen and oxygen atoms in total. The van der Waals surface area contributed by atoms with Crippen LogP contribution in [0.15, 0.2) is 30.5 Å². The van der Waals surface area contributed by atoms with Crippen LogP contribution in [0.5, 0.6) is 0 Å². The number of rotatable bonds is 4. The van der Waals surface area contributed by atoms with Gasteiger partial charge in [0.05, 0.1) is 0 Å². The van der Waals surface area contributed by atoms with E-state index in [1.54, 1.807) is 13.0 Å². The largest absolute Gasteiger partial charge is 0.479 e. The molecule has 1 atom stereocenters. The molecule has 2 aromatic rings. The maximum Gasteiger partial charge on any atom is 0.337 e. The molecule has 0 saturated carbocycles. The molecule has 1 heterocycles. The van der Waals surface area contributed by atoms with Crippen LogP contribution in [0.4, 0.5) is 0 Å². The number of aliphatic carboxylic acids is 1. The minimum Gasteiger partial charge on any atom is -0.479 e. The summed E-state index contributed by atoms with van der Waals surface area (Å²) in [5.41, 5.74) is 1.66. The summed E-state index contributed by atoms with van der Waals surface area (Å²) < 4.78 is 5.21. The monoisotopic (exact) mass is 219 g/mol. The molecule has 0 spiro atoms. The van der Waals surface area contributed by atoms with Crippen molar-refractivity contribution >= 4 is 16.9 Å². The van der Waals surface area contributed by atoms with Gasteiger partial charge in [0.25, 0.3) is 0 Å². The molecular weight excluding hydrogens is 206 g/mol. The summed E-state index contributed by atoms with van der Waals surface area (Å²) in [6.07, 6.45) is 0.939. The van der Waals surface area contributed by atoms with Crippen molar-refractivity contribution in [3.05, 3.63) is 36.0 Å². The van der Waals surface area contributed by atoms with E-state index in [4.69, 9.17) is 9.84 Å². The Morgan fingerprint density at radius 3 is 3.00 bits per heavy atom. The lowest BCUT2D eigenvalue weighted by Gasteiger charge is -2.12. The van der Waals surface area contributed by atoms with E-state index in [2.05, 4.69) is 4.98 Å². The average molecular weight is 219 g/mol. The zero-order chi connectivity index (χ0) is 11.5. The highest BCUT2D eigenvalue weighted by atomic mass is 16.5. The topological polar surface area (TPSA) is 62.3 Å². The van der Waals surface area contributed by atoms with Crippen molar-refractivity contribution in [2.75, 3.05) is 6.61 Å². The molecular formula is C12H13NO3. The number of carbonyl (C=O) groups is 1. The minimum absolute atomic E-state index is 0.377. The summed E-state index contributed by atoms with van der Waals surface area (Å²) in [7, 11) is 0. The Bertz CT molecular complexity index is 504. The Balaban J connectivity index is 2.39. The van der Waals surface area contributed by atoms with Crippen molar-refractivity contribution in [1.29, 1.82) is 0 Å². The van der Waals surface area contributed by atoms with Crippen LogP contribution in [0.2, 0.25) is 0 Å². The third-order valence-corrected chi connectivity index (χ3v) is 2.44. The predicted octanol–water partition coefficient (Wildman–Crippen LogP) is 2.33. The third-order valence-electron chi connectivity index (χ3n) is 2.44. The smallest absolute Gasteiger partial charge is 0.337 e. The molecule has 0 saturated heterocycles. The number of aromatic amines is 1. The molecule has 4 heteroatoms. The maximum absolute atomic E-state index is 11.0. The third kappa shape index (κ3) is 1.92. The first-order valence-electron chi connectivity index (χ1n) is 5.14. The van der Waals surface area contributed by atoms with Crippen LogP contribution in [0.25, 0.3) is 10.9 Å². The van der Waals surface area contributed by atoms with Gasteiger partial charge in [-0.25, -0.2) is 4.79 Å². The van der Waals surface area contributed by atoms with Crippen LogP contribution >= 0.6 is 0 Å². The molecule has 0 aliphatic carbocycles. The predicted molar refractivity (Wildman–Crippen MR) is 60.3 cm³/mol. The molecule has 0 amide bonds. The Morgan fingerprint density at radius 1 is 1.50 bits per heavy atom. The molecule has 1 unspecified atom stereocenters. The van der Waals surface area contributed by atoms with Gasteiger partial charge in [0.1, 0.15) is 0 Å². The molecule has 0 bridgehead atoms. The van der Waals surface area contributed by atoms with Crippen LogP contribution in [-0.2, 0) is 9.53 Å². The van der Waals surface area contributed by atoms with Gasteiger partial charge < -0.3 is 14.8 Å². The zero-order valence-electron chi connectivity index (χ0n) is 8.93. The lowest BCUT2D eigenvalue weighted by Crippen LogP contribution is -2.15. The first kappa shape index (κ1) is 10.7. The first-order valence-corrected chi connectivity index (χ1v) is 5.14. The number of aromatic nitrogens is 1. The fourth-order valence-corrected chi connectivity index (χ4v) is 1.71. The van der Waals surface area contributed by atoms with E-state index in [0.717, 1.165) is 10.9 Å². The van der Waals surface area contributed by atoms with Gasteiger partial charge in [-0.05, 0) is 36.1 Å². The van der Waals surface area contributed by atoms with E-state index in [1.807, 2.05) is 24.4 Å². The highest BCUT2D eigenvalue weighted by molar-refractivity contribution is 5.82. The highest BCUT2D eigenvalue weighted by Crippen LogP contribution is 2.22. The highest BCUT2D eigenvalue weighted by Gasteiger charge is 2.19. The fourth-order valence-electron chi connectivity index (χ4n) is 1.71. The van der Waals surface area contributed by atoms with E-state index < -0.39 is 12.1 Å². The Hall–Kier alpha value is -1.81. The lowest BCUT2D eigenvalue weighted by atomic mass is 10.1. The lowest BCUT2D eigenvalue weighted by molar-refractivity contribution is -0.150. The molecule has 1 aromatic heterocycles. The molecule has 0 radical (unpaired) electrons. The standard InChI is InChI=1S/C12H13NO3/c1-2-16-11(12(14)15)9-3-4-10-8(7-9)5-6-13-10/h3-7,11,13H,2H2,1H3,(H,14,15). The van der Waals surface area contributed by atoms with E-state index in [9.17, 15) is 4.79 Å². The quantitative estimate of drug-likeness (QED) is 0.829. The summed E-state index contributed by atoms with van der Waals surface area (Å²) in [6, 6.07) is 7.37. The van der Waals surface area contributed by atoms with Gasteiger partial charge in [-0.3, -0.25) is 0 Å². The average Bonchev–Trinajstić information content (AvgIpc) is 2.72. The van der Waals surface area contributed by atoms with Crippen molar-refractivity contribution in [1.82, 2.24) is 4.98 Å². The number of hydrogen-bond donors (Lipinski definition) is 2. The van der Waals surface area contributed by atoms with Crippen molar-refractivity contribution in [3.63, 3.8) is 0 Å². The van der Waals surface area contributed by atoms with Gasteiger partial charge in [-0.1, -0.05) is 6.07 Å². The number of ether oxygens (including phenoxy) is 1. The normalized spacial score (nSPS) is 12.8. The van der Waals surface area contributed by atoms with Gasteiger partial charge in [0.15, 0.2) is 6.10 Å². The molecule has 0 fully saturated rings. The molecule has 2 N–H and O–H groups in total. The summed E-state index contributed by atoms with van der Waals surface area (Å²) in [5, 5.41) is 10.0. The Morgan fingerprint density at radius 2 is 2.31 bits per heavy atom. The summed E-state index contributed by atoms with van der Waals surface area (Å²) in [6.45, 7) is 2.16. The summed E-state index contributed by atoms with van der Waals surface area (Å²) in [5.74, 6) is -0.961. The second-order valence-electron chi connectivity index (χ2n) is 3.50. The van der Waals surface area contributed by atoms with Crippen molar-refractivity contribution < 1.29 is 14.6 Å². The first-order chi connectivity index (χ1) is 7.72. The Kier molecular flexibility index (Phi) is 2.92. The van der Waals surface area contributed by atoms with E-state index in [-0.39, 0.29) is 0 Å². The van der Waals surface area contributed by atoms with E-state index in [0.29, 0.717) is 12.2 Å².